The van der Waals surface area contributed by atoms with E-state index < -0.39 is 5.97 Å². The zero-order valence-electron chi connectivity index (χ0n) is 14.4. The minimum atomic E-state index is -0.481. The van der Waals surface area contributed by atoms with E-state index in [1.54, 1.807) is 20.2 Å². The number of carbonyl (C=O) groups excluding carboxylic acids is 1. The number of nitrogens with two attached hydrogens (primary N) is 1. The molecule has 7 nitrogen and oxygen atoms in total. The predicted octanol–water partition coefficient (Wildman–Crippen LogP) is 2.74. The SMILES string of the molecule is CCCCCn1ncc2c(N)c(C(=O)OCCOC)c(C)nc21.Cl. The van der Waals surface area contributed by atoms with Crippen LogP contribution >= 0.6 is 12.4 Å². The van der Waals surface area contributed by atoms with Crippen LogP contribution in [0.5, 0.6) is 0 Å². The van der Waals surface area contributed by atoms with Gasteiger partial charge in [-0.05, 0) is 13.3 Å². The number of nitrogens with zero attached hydrogens (tertiary/aromatic N) is 3. The fraction of sp³-hybridized carbons (Fsp3) is 0.562. The minimum Gasteiger partial charge on any atom is -0.460 e. The van der Waals surface area contributed by atoms with Crippen LogP contribution in [0.2, 0.25) is 0 Å². The molecule has 2 heterocycles. The highest BCUT2D eigenvalue weighted by atomic mass is 35.5. The number of hydrogen-bond donors (Lipinski definition) is 1. The zero-order valence-corrected chi connectivity index (χ0v) is 15.2. The van der Waals surface area contributed by atoms with Crippen LogP contribution in [0.25, 0.3) is 11.0 Å². The molecule has 2 aromatic heterocycles. The quantitative estimate of drug-likeness (QED) is 0.577. The number of pyridine rings is 1. The summed E-state index contributed by atoms with van der Waals surface area (Å²) in [5, 5.41) is 5.03. The number of nitrogen functional groups attached to an aromatic ring is 1. The molecule has 2 aromatic rings. The highest BCUT2D eigenvalue weighted by Crippen LogP contribution is 2.26. The fourth-order valence-corrected chi connectivity index (χ4v) is 2.45. The first-order chi connectivity index (χ1) is 11.1. The summed E-state index contributed by atoms with van der Waals surface area (Å²) in [6.07, 6.45) is 4.98. The number of aromatic nitrogens is 3. The number of unbranched alkanes of at least 4 members (excludes halogenated alkanes) is 2. The van der Waals surface area contributed by atoms with Gasteiger partial charge in [0.25, 0.3) is 0 Å². The maximum absolute atomic E-state index is 12.2. The number of carbonyl (C=O) groups is 1. The third kappa shape index (κ3) is 4.36. The molecule has 0 aromatic carbocycles. The van der Waals surface area contributed by atoms with Crippen molar-refractivity contribution in [3.8, 4) is 0 Å². The third-order valence-corrected chi connectivity index (χ3v) is 3.70. The van der Waals surface area contributed by atoms with E-state index in [2.05, 4.69) is 17.0 Å². The van der Waals surface area contributed by atoms with Crippen molar-refractivity contribution in [1.29, 1.82) is 0 Å². The van der Waals surface area contributed by atoms with Gasteiger partial charge in [-0.3, -0.25) is 0 Å². The van der Waals surface area contributed by atoms with E-state index in [1.165, 1.54) is 0 Å². The molecular formula is C16H25ClN4O3. The van der Waals surface area contributed by atoms with Crippen LogP contribution in [0.1, 0.15) is 42.2 Å². The van der Waals surface area contributed by atoms with Gasteiger partial charge < -0.3 is 15.2 Å². The van der Waals surface area contributed by atoms with Gasteiger partial charge >= 0.3 is 5.97 Å². The topological polar surface area (TPSA) is 92.3 Å². The van der Waals surface area contributed by atoms with Crippen LogP contribution in [0.4, 0.5) is 5.69 Å². The summed E-state index contributed by atoms with van der Waals surface area (Å²) in [5.41, 5.74) is 8.11. The summed E-state index contributed by atoms with van der Waals surface area (Å²) < 4.78 is 11.9. The average molecular weight is 357 g/mol. The number of methoxy groups -OCH3 is 1. The van der Waals surface area contributed by atoms with E-state index in [9.17, 15) is 4.79 Å². The third-order valence-electron chi connectivity index (χ3n) is 3.70. The lowest BCUT2D eigenvalue weighted by Crippen LogP contribution is -2.15. The fourth-order valence-electron chi connectivity index (χ4n) is 2.45. The average Bonchev–Trinajstić information content (AvgIpc) is 2.91. The molecule has 24 heavy (non-hydrogen) atoms. The van der Waals surface area contributed by atoms with Crippen molar-refractivity contribution >= 4 is 35.1 Å². The van der Waals surface area contributed by atoms with Gasteiger partial charge in [0.05, 0.1) is 29.6 Å². The molecule has 0 saturated carbocycles. The van der Waals surface area contributed by atoms with Crippen molar-refractivity contribution in [1.82, 2.24) is 14.8 Å². The Balaban J connectivity index is 0.00000288. The van der Waals surface area contributed by atoms with Crippen molar-refractivity contribution in [2.24, 2.45) is 0 Å². The summed E-state index contributed by atoms with van der Waals surface area (Å²) >= 11 is 0. The lowest BCUT2D eigenvalue weighted by atomic mass is 10.1. The molecule has 0 aliphatic carbocycles. The second-order valence-electron chi connectivity index (χ2n) is 5.43. The number of anilines is 1. The van der Waals surface area contributed by atoms with Crippen LogP contribution in [-0.2, 0) is 16.0 Å². The van der Waals surface area contributed by atoms with Crippen LogP contribution in [0.15, 0.2) is 6.20 Å². The van der Waals surface area contributed by atoms with Crippen LogP contribution in [-0.4, -0.2) is 41.1 Å². The Morgan fingerprint density at radius 1 is 1.33 bits per heavy atom. The molecule has 0 aliphatic heterocycles. The number of aryl methyl sites for hydroxylation is 2. The molecule has 0 spiro atoms. The van der Waals surface area contributed by atoms with E-state index in [-0.39, 0.29) is 19.0 Å². The Hall–Kier alpha value is -1.86. The second kappa shape index (κ2) is 9.44. The maximum Gasteiger partial charge on any atom is 0.342 e. The number of halogens is 1. The summed E-state index contributed by atoms with van der Waals surface area (Å²) in [5.74, 6) is -0.481. The normalized spacial score (nSPS) is 10.6. The first-order valence-electron chi connectivity index (χ1n) is 7.87. The summed E-state index contributed by atoms with van der Waals surface area (Å²) in [6, 6.07) is 0. The Morgan fingerprint density at radius 2 is 2.08 bits per heavy atom. The van der Waals surface area contributed by atoms with Gasteiger partial charge in [-0.1, -0.05) is 19.8 Å². The van der Waals surface area contributed by atoms with E-state index in [0.717, 1.165) is 25.8 Å². The Kier molecular flexibility index (Phi) is 7.94. The zero-order chi connectivity index (χ0) is 16.8. The van der Waals surface area contributed by atoms with E-state index in [1.807, 2.05) is 4.68 Å². The van der Waals surface area contributed by atoms with Crippen molar-refractivity contribution in [2.45, 2.75) is 39.7 Å². The summed E-state index contributed by atoms with van der Waals surface area (Å²) in [7, 11) is 1.55. The van der Waals surface area contributed by atoms with E-state index in [4.69, 9.17) is 15.2 Å². The first kappa shape index (κ1) is 20.2. The standard InChI is InChI=1S/C16H24N4O3.ClH/c1-4-5-6-7-20-15-12(10-18-20)14(17)13(11(2)19-15)16(21)23-9-8-22-3;/h10H,4-9H2,1-3H3,(H2,17,19);1H. The minimum absolute atomic E-state index is 0. The van der Waals surface area contributed by atoms with Crippen LogP contribution in [0.3, 0.4) is 0 Å². The second-order valence-corrected chi connectivity index (χ2v) is 5.43. The molecule has 0 bridgehead atoms. The molecule has 0 aliphatic rings. The predicted molar refractivity (Wildman–Crippen MR) is 95.6 cm³/mol. The largest absolute Gasteiger partial charge is 0.460 e. The van der Waals surface area contributed by atoms with Gasteiger partial charge in [-0.2, -0.15) is 5.10 Å². The number of hydrogen-bond acceptors (Lipinski definition) is 6. The van der Waals surface area contributed by atoms with Gasteiger partial charge in [-0.15, -0.1) is 12.4 Å². The van der Waals surface area contributed by atoms with Crippen molar-refractivity contribution in [3.05, 3.63) is 17.5 Å². The maximum atomic E-state index is 12.2. The van der Waals surface area contributed by atoms with Gasteiger partial charge in [0.1, 0.15) is 12.2 Å². The number of fused-ring (bicyclic) bond motifs is 1. The molecule has 2 rings (SSSR count). The molecule has 0 saturated heterocycles. The number of rotatable bonds is 8. The van der Waals surface area contributed by atoms with Crippen molar-refractivity contribution in [2.75, 3.05) is 26.1 Å². The van der Waals surface area contributed by atoms with Gasteiger partial charge in [0.15, 0.2) is 5.65 Å². The van der Waals surface area contributed by atoms with Crippen molar-refractivity contribution in [3.63, 3.8) is 0 Å². The van der Waals surface area contributed by atoms with Gasteiger partial charge in [-0.25, -0.2) is 14.5 Å². The smallest absolute Gasteiger partial charge is 0.342 e. The lowest BCUT2D eigenvalue weighted by molar-refractivity contribution is 0.0388. The molecule has 0 amide bonds. The van der Waals surface area contributed by atoms with Gasteiger partial charge in [0.2, 0.25) is 0 Å². The number of esters is 1. The summed E-state index contributed by atoms with van der Waals surface area (Å²) in [6.45, 7) is 5.23. The van der Waals surface area contributed by atoms with E-state index in [0.29, 0.717) is 34.6 Å². The number of ether oxygens (including phenoxy) is 2. The van der Waals surface area contributed by atoms with Crippen LogP contribution < -0.4 is 5.73 Å². The Morgan fingerprint density at radius 3 is 2.75 bits per heavy atom. The van der Waals surface area contributed by atoms with Gasteiger partial charge in [0, 0.05) is 13.7 Å². The Bertz CT molecular complexity index is 688. The molecule has 0 unspecified atom stereocenters. The molecule has 0 atom stereocenters. The molecular weight excluding hydrogens is 332 g/mol. The monoisotopic (exact) mass is 356 g/mol. The molecule has 0 radical (unpaired) electrons. The van der Waals surface area contributed by atoms with E-state index >= 15 is 0 Å². The molecule has 134 valence electrons. The lowest BCUT2D eigenvalue weighted by Gasteiger charge is -2.10. The summed E-state index contributed by atoms with van der Waals surface area (Å²) in [4.78, 5) is 16.7. The van der Waals surface area contributed by atoms with Crippen LogP contribution in [0, 0.1) is 6.92 Å². The molecule has 8 heteroatoms. The Labute approximate surface area is 147 Å². The van der Waals surface area contributed by atoms with Crippen molar-refractivity contribution < 1.29 is 14.3 Å². The highest BCUT2D eigenvalue weighted by Gasteiger charge is 2.20. The first-order valence-corrected chi connectivity index (χ1v) is 7.87. The highest BCUT2D eigenvalue weighted by molar-refractivity contribution is 6.04. The molecule has 2 N–H and O–H groups in total. The molecule has 0 fully saturated rings.